The number of rotatable bonds is 5. The molecule has 0 aliphatic carbocycles. The van der Waals surface area contributed by atoms with Gasteiger partial charge in [-0.15, -0.1) is 0 Å². The van der Waals surface area contributed by atoms with Crippen LogP contribution in [0.3, 0.4) is 0 Å². The SMILES string of the molecule is CCC1OCCC1CNc1ccnc(NC)n1. The Morgan fingerprint density at radius 3 is 3.18 bits per heavy atom. The molecule has 2 N–H and O–H groups in total. The van der Waals surface area contributed by atoms with Crippen molar-refractivity contribution < 1.29 is 4.74 Å². The molecule has 0 amide bonds. The zero-order chi connectivity index (χ0) is 12.1. The van der Waals surface area contributed by atoms with Crippen LogP contribution in [-0.2, 0) is 4.74 Å². The maximum Gasteiger partial charge on any atom is 0.224 e. The third-order valence-corrected chi connectivity index (χ3v) is 3.17. The van der Waals surface area contributed by atoms with Crippen molar-refractivity contribution in [2.75, 3.05) is 30.8 Å². The van der Waals surface area contributed by atoms with Crippen LogP contribution in [0.1, 0.15) is 19.8 Å². The highest BCUT2D eigenvalue weighted by Crippen LogP contribution is 2.23. The summed E-state index contributed by atoms with van der Waals surface area (Å²) in [6.07, 6.45) is 4.37. The van der Waals surface area contributed by atoms with E-state index in [0.717, 1.165) is 31.8 Å². The molecule has 2 unspecified atom stereocenters. The largest absolute Gasteiger partial charge is 0.378 e. The van der Waals surface area contributed by atoms with Crippen LogP contribution in [0, 0.1) is 5.92 Å². The van der Waals surface area contributed by atoms with Gasteiger partial charge in [0.05, 0.1) is 6.10 Å². The van der Waals surface area contributed by atoms with Gasteiger partial charge in [-0.3, -0.25) is 0 Å². The van der Waals surface area contributed by atoms with Crippen LogP contribution in [0.4, 0.5) is 11.8 Å². The van der Waals surface area contributed by atoms with Crippen LogP contribution < -0.4 is 10.6 Å². The molecule has 5 heteroatoms. The number of nitrogens with one attached hydrogen (secondary N) is 2. The lowest BCUT2D eigenvalue weighted by molar-refractivity contribution is 0.0900. The smallest absolute Gasteiger partial charge is 0.224 e. The Bertz CT molecular complexity index is 358. The number of anilines is 2. The van der Waals surface area contributed by atoms with Crippen LogP contribution in [-0.4, -0.2) is 36.3 Å². The molecule has 1 saturated heterocycles. The van der Waals surface area contributed by atoms with Crippen molar-refractivity contribution in [3.05, 3.63) is 12.3 Å². The predicted molar refractivity (Wildman–Crippen MR) is 68.2 cm³/mol. The molecule has 1 fully saturated rings. The Hall–Kier alpha value is -1.36. The summed E-state index contributed by atoms with van der Waals surface area (Å²) in [7, 11) is 1.82. The molecule has 1 aromatic heterocycles. The van der Waals surface area contributed by atoms with Gasteiger partial charge in [-0.25, -0.2) is 4.98 Å². The fourth-order valence-electron chi connectivity index (χ4n) is 2.19. The Labute approximate surface area is 102 Å². The Balaban J connectivity index is 1.88. The molecule has 0 bridgehead atoms. The van der Waals surface area contributed by atoms with Gasteiger partial charge in [0.25, 0.3) is 0 Å². The number of hydrogen-bond acceptors (Lipinski definition) is 5. The fraction of sp³-hybridized carbons (Fsp3) is 0.667. The summed E-state index contributed by atoms with van der Waals surface area (Å²) in [5.41, 5.74) is 0. The molecule has 17 heavy (non-hydrogen) atoms. The lowest BCUT2D eigenvalue weighted by Crippen LogP contribution is -2.23. The topological polar surface area (TPSA) is 59.1 Å². The average molecular weight is 236 g/mol. The Morgan fingerprint density at radius 1 is 1.53 bits per heavy atom. The molecule has 0 aromatic carbocycles. The van der Waals surface area contributed by atoms with E-state index in [9.17, 15) is 0 Å². The van der Waals surface area contributed by atoms with Crippen molar-refractivity contribution in [3.63, 3.8) is 0 Å². The van der Waals surface area contributed by atoms with Gasteiger partial charge in [0.2, 0.25) is 5.95 Å². The number of aromatic nitrogens is 2. The minimum absolute atomic E-state index is 0.396. The predicted octanol–water partition coefficient (Wildman–Crippen LogP) is 1.75. The van der Waals surface area contributed by atoms with Gasteiger partial charge >= 0.3 is 0 Å². The summed E-state index contributed by atoms with van der Waals surface area (Å²) in [4.78, 5) is 8.41. The van der Waals surface area contributed by atoms with Gasteiger partial charge in [-0.05, 0) is 18.9 Å². The Morgan fingerprint density at radius 2 is 2.41 bits per heavy atom. The van der Waals surface area contributed by atoms with Crippen LogP contribution in [0.25, 0.3) is 0 Å². The first-order chi connectivity index (χ1) is 8.33. The minimum Gasteiger partial charge on any atom is -0.378 e. The molecule has 2 atom stereocenters. The summed E-state index contributed by atoms with van der Waals surface area (Å²) >= 11 is 0. The zero-order valence-electron chi connectivity index (χ0n) is 10.4. The standard InChI is InChI=1S/C12H20N4O/c1-3-10-9(5-7-17-10)8-15-11-4-6-14-12(13-2)16-11/h4,6,9-10H,3,5,7-8H2,1-2H3,(H2,13,14,15,16). The molecular weight excluding hydrogens is 216 g/mol. The lowest BCUT2D eigenvalue weighted by Gasteiger charge is -2.17. The van der Waals surface area contributed by atoms with E-state index in [1.54, 1.807) is 6.20 Å². The van der Waals surface area contributed by atoms with Crippen LogP contribution in [0.15, 0.2) is 12.3 Å². The molecule has 94 valence electrons. The molecule has 0 spiro atoms. The first-order valence-electron chi connectivity index (χ1n) is 6.19. The van der Waals surface area contributed by atoms with E-state index in [1.807, 2.05) is 13.1 Å². The zero-order valence-corrected chi connectivity index (χ0v) is 10.4. The molecule has 1 aromatic rings. The summed E-state index contributed by atoms with van der Waals surface area (Å²) < 4.78 is 5.66. The second-order valence-corrected chi connectivity index (χ2v) is 4.26. The normalized spacial score (nSPS) is 23.6. The van der Waals surface area contributed by atoms with E-state index in [2.05, 4.69) is 27.5 Å². The van der Waals surface area contributed by atoms with Crippen molar-refractivity contribution in [1.82, 2.24) is 9.97 Å². The van der Waals surface area contributed by atoms with Crippen LogP contribution >= 0.6 is 0 Å². The van der Waals surface area contributed by atoms with Crippen molar-refractivity contribution in [1.29, 1.82) is 0 Å². The second-order valence-electron chi connectivity index (χ2n) is 4.26. The van der Waals surface area contributed by atoms with Gasteiger partial charge in [-0.1, -0.05) is 6.92 Å². The van der Waals surface area contributed by atoms with E-state index >= 15 is 0 Å². The summed E-state index contributed by atoms with van der Waals surface area (Å²) in [5, 5.41) is 6.28. The Kier molecular flexibility index (Phi) is 4.14. The summed E-state index contributed by atoms with van der Waals surface area (Å²) in [6, 6.07) is 1.89. The fourth-order valence-corrected chi connectivity index (χ4v) is 2.19. The highest BCUT2D eigenvalue weighted by atomic mass is 16.5. The van der Waals surface area contributed by atoms with Gasteiger partial charge in [0.1, 0.15) is 5.82 Å². The van der Waals surface area contributed by atoms with Gasteiger partial charge in [0, 0.05) is 32.3 Å². The van der Waals surface area contributed by atoms with Crippen molar-refractivity contribution in [2.24, 2.45) is 5.92 Å². The maximum atomic E-state index is 5.66. The van der Waals surface area contributed by atoms with Gasteiger partial charge < -0.3 is 15.4 Å². The molecular formula is C12H20N4O. The quantitative estimate of drug-likeness (QED) is 0.815. The summed E-state index contributed by atoms with van der Waals surface area (Å²) in [5.74, 6) is 2.10. The van der Waals surface area contributed by atoms with E-state index in [1.165, 1.54) is 0 Å². The monoisotopic (exact) mass is 236 g/mol. The van der Waals surface area contributed by atoms with E-state index in [-0.39, 0.29) is 0 Å². The van der Waals surface area contributed by atoms with Crippen molar-refractivity contribution in [3.8, 4) is 0 Å². The number of hydrogen-bond donors (Lipinski definition) is 2. The maximum absolute atomic E-state index is 5.66. The molecule has 5 nitrogen and oxygen atoms in total. The molecule has 2 heterocycles. The molecule has 1 aliphatic heterocycles. The van der Waals surface area contributed by atoms with E-state index in [0.29, 0.717) is 18.0 Å². The summed E-state index contributed by atoms with van der Waals surface area (Å²) in [6.45, 7) is 3.97. The minimum atomic E-state index is 0.396. The number of ether oxygens (including phenoxy) is 1. The van der Waals surface area contributed by atoms with Crippen molar-refractivity contribution >= 4 is 11.8 Å². The highest BCUT2D eigenvalue weighted by molar-refractivity contribution is 5.39. The molecule has 2 rings (SSSR count). The van der Waals surface area contributed by atoms with Crippen LogP contribution in [0.2, 0.25) is 0 Å². The second kappa shape index (κ2) is 5.82. The first kappa shape index (κ1) is 12.1. The lowest BCUT2D eigenvalue weighted by atomic mass is 10.00. The van der Waals surface area contributed by atoms with Crippen LogP contribution in [0.5, 0.6) is 0 Å². The van der Waals surface area contributed by atoms with Crippen molar-refractivity contribution in [2.45, 2.75) is 25.9 Å². The third kappa shape index (κ3) is 3.06. The van der Waals surface area contributed by atoms with Gasteiger partial charge in [0.15, 0.2) is 0 Å². The van der Waals surface area contributed by atoms with Gasteiger partial charge in [-0.2, -0.15) is 4.98 Å². The molecule has 1 aliphatic rings. The third-order valence-electron chi connectivity index (χ3n) is 3.17. The average Bonchev–Trinajstić information content (AvgIpc) is 2.84. The first-order valence-corrected chi connectivity index (χ1v) is 6.19. The number of nitrogens with zero attached hydrogens (tertiary/aromatic N) is 2. The molecule has 0 radical (unpaired) electrons. The van der Waals surface area contributed by atoms with E-state index < -0.39 is 0 Å². The highest BCUT2D eigenvalue weighted by Gasteiger charge is 2.26. The molecule has 0 saturated carbocycles. The van der Waals surface area contributed by atoms with E-state index in [4.69, 9.17) is 4.74 Å².